The zero-order valence-electron chi connectivity index (χ0n) is 15.6. The summed E-state index contributed by atoms with van der Waals surface area (Å²) in [5, 5.41) is 3.71. The first-order chi connectivity index (χ1) is 13.8. The van der Waals surface area contributed by atoms with E-state index in [0.29, 0.717) is 11.1 Å². The lowest BCUT2D eigenvalue weighted by Crippen LogP contribution is -2.32. The average Bonchev–Trinajstić information content (AvgIpc) is 3.39. The van der Waals surface area contributed by atoms with Gasteiger partial charge in [0.25, 0.3) is 5.19 Å². The summed E-state index contributed by atoms with van der Waals surface area (Å²) >= 11 is 1.48. The number of rotatable bonds is 5. The standard InChI is InChI=1S/C23H22N2O2S/c1-2-4-17(5-3-1)18-8-11-25(12-9-18)15-19-16-26-22-14-20(6-7-21(19)22)27-23-24-10-13-28-23/h1-7,10,13-14,16,18H,8-9,11-12,15H2. The third kappa shape index (κ3) is 3.68. The van der Waals surface area contributed by atoms with Gasteiger partial charge in [0.1, 0.15) is 11.3 Å². The highest BCUT2D eigenvalue weighted by atomic mass is 32.1. The molecule has 2 aromatic heterocycles. The van der Waals surface area contributed by atoms with E-state index in [0.717, 1.165) is 36.4 Å². The zero-order chi connectivity index (χ0) is 18.8. The van der Waals surface area contributed by atoms with Crippen LogP contribution < -0.4 is 4.74 Å². The van der Waals surface area contributed by atoms with E-state index in [1.165, 1.54) is 35.3 Å². The van der Waals surface area contributed by atoms with Gasteiger partial charge in [0.15, 0.2) is 0 Å². The van der Waals surface area contributed by atoms with Crippen molar-refractivity contribution in [1.29, 1.82) is 0 Å². The molecular weight excluding hydrogens is 368 g/mol. The molecule has 0 radical (unpaired) electrons. The Morgan fingerprint density at radius 1 is 1.11 bits per heavy atom. The Labute approximate surface area is 168 Å². The molecule has 0 spiro atoms. The van der Waals surface area contributed by atoms with Crippen LogP contribution >= 0.6 is 11.3 Å². The molecule has 142 valence electrons. The molecule has 0 saturated carbocycles. The number of furan rings is 1. The number of thiazole rings is 1. The molecule has 1 saturated heterocycles. The molecule has 0 N–H and O–H groups in total. The van der Waals surface area contributed by atoms with Crippen molar-refractivity contribution in [3.8, 4) is 10.9 Å². The summed E-state index contributed by atoms with van der Waals surface area (Å²) in [7, 11) is 0. The Balaban J connectivity index is 1.25. The van der Waals surface area contributed by atoms with Gasteiger partial charge < -0.3 is 9.15 Å². The number of fused-ring (bicyclic) bond motifs is 1. The highest BCUT2D eigenvalue weighted by Gasteiger charge is 2.21. The van der Waals surface area contributed by atoms with E-state index in [1.54, 1.807) is 6.20 Å². The van der Waals surface area contributed by atoms with E-state index in [1.807, 2.05) is 23.8 Å². The Bertz CT molecular complexity index is 1040. The van der Waals surface area contributed by atoms with Gasteiger partial charge in [-0.15, -0.1) is 0 Å². The van der Waals surface area contributed by atoms with Crippen LogP contribution in [0.1, 0.15) is 29.9 Å². The van der Waals surface area contributed by atoms with Crippen LogP contribution in [0.4, 0.5) is 0 Å². The van der Waals surface area contributed by atoms with Crippen molar-refractivity contribution in [1.82, 2.24) is 9.88 Å². The maximum Gasteiger partial charge on any atom is 0.278 e. The predicted octanol–water partition coefficient (Wildman–Crippen LogP) is 6.06. The number of benzene rings is 2. The molecule has 5 rings (SSSR count). The molecular formula is C23H22N2O2S. The topological polar surface area (TPSA) is 38.5 Å². The summed E-state index contributed by atoms with van der Waals surface area (Å²) in [4.78, 5) is 6.69. The predicted molar refractivity (Wildman–Crippen MR) is 112 cm³/mol. The summed E-state index contributed by atoms with van der Waals surface area (Å²) in [5.74, 6) is 1.44. The highest BCUT2D eigenvalue weighted by molar-refractivity contribution is 7.11. The van der Waals surface area contributed by atoms with Crippen molar-refractivity contribution in [2.24, 2.45) is 0 Å². The molecule has 1 aliphatic heterocycles. The maximum atomic E-state index is 5.82. The van der Waals surface area contributed by atoms with Crippen LogP contribution in [0, 0.1) is 0 Å². The fourth-order valence-electron chi connectivity index (χ4n) is 4.00. The Morgan fingerprint density at radius 2 is 1.96 bits per heavy atom. The van der Waals surface area contributed by atoms with Gasteiger partial charge in [0.05, 0.1) is 6.26 Å². The lowest BCUT2D eigenvalue weighted by molar-refractivity contribution is 0.205. The normalized spacial score (nSPS) is 15.9. The fraction of sp³-hybridized carbons (Fsp3) is 0.261. The molecule has 0 atom stereocenters. The van der Waals surface area contributed by atoms with Crippen LogP contribution in [0.3, 0.4) is 0 Å². The minimum atomic E-state index is 0.646. The number of likely N-dealkylation sites (tertiary alicyclic amines) is 1. The number of ether oxygens (including phenoxy) is 1. The van der Waals surface area contributed by atoms with E-state index < -0.39 is 0 Å². The van der Waals surface area contributed by atoms with Crippen LogP contribution in [0.15, 0.2) is 70.8 Å². The van der Waals surface area contributed by atoms with Crippen LogP contribution in [-0.4, -0.2) is 23.0 Å². The van der Waals surface area contributed by atoms with Crippen LogP contribution in [0.2, 0.25) is 0 Å². The molecule has 28 heavy (non-hydrogen) atoms. The molecule has 0 aliphatic carbocycles. The van der Waals surface area contributed by atoms with Crippen molar-refractivity contribution in [3.05, 3.63) is 77.5 Å². The smallest absolute Gasteiger partial charge is 0.278 e. The minimum absolute atomic E-state index is 0.646. The summed E-state index contributed by atoms with van der Waals surface area (Å²) in [6.07, 6.45) is 6.06. The third-order valence-corrected chi connectivity index (χ3v) is 6.14. The lowest BCUT2D eigenvalue weighted by atomic mass is 9.89. The first kappa shape index (κ1) is 17.5. The van der Waals surface area contributed by atoms with Gasteiger partial charge in [-0.2, -0.15) is 0 Å². The Hall–Kier alpha value is -2.63. The molecule has 0 unspecified atom stereocenters. The van der Waals surface area contributed by atoms with Crippen LogP contribution in [-0.2, 0) is 6.54 Å². The summed E-state index contributed by atoms with van der Waals surface area (Å²) < 4.78 is 11.6. The van der Waals surface area contributed by atoms with E-state index in [9.17, 15) is 0 Å². The quantitative estimate of drug-likeness (QED) is 0.415. The SMILES string of the molecule is c1ccc(C2CCN(Cc3coc4cc(Oc5nccs5)ccc34)CC2)cc1. The summed E-state index contributed by atoms with van der Waals surface area (Å²) in [6.45, 7) is 3.18. The molecule has 0 amide bonds. The van der Waals surface area contributed by atoms with Gasteiger partial charge in [0.2, 0.25) is 0 Å². The molecule has 1 aliphatic rings. The molecule has 2 aromatic carbocycles. The second kappa shape index (κ2) is 7.78. The number of aromatic nitrogens is 1. The second-order valence-corrected chi connectivity index (χ2v) is 8.14. The van der Waals surface area contributed by atoms with Crippen molar-refractivity contribution >= 4 is 22.3 Å². The fourth-order valence-corrected chi connectivity index (χ4v) is 4.51. The van der Waals surface area contributed by atoms with Crippen LogP contribution in [0.25, 0.3) is 11.0 Å². The van der Waals surface area contributed by atoms with Gasteiger partial charge in [-0.3, -0.25) is 4.90 Å². The number of hydrogen-bond donors (Lipinski definition) is 0. The Morgan fingerprint density at radius 3 is 2.75 bits per heavy atom. The Kier molecular flexibility index (Phi) is 4.85. The van der Waals surface area contributed by atoms with Gasteiger partial charge in [-0.25, -0.2) is 4.98 Å². The van der Waals surface area contributed by atoms with Gasteiger partial charge >= 0.3 is 0 Å². The van der Waals surface area contributed by atoms with Crippen molar-refractivity contribution in [3.63, 3.8) is 0 Å². The van der Waals surface area contributed by atoms with Crippen molar-refractivity contribution < 1.29 is 9.15 Å². The van der Waals surface area contributed by atoms with Crippen molar-refractivity contribution in [2.45, 2.75) is 25.3 Å². The number of nitrogens with zero attached hydrogens (tertiary/aromatic N) is 2. The minimum Gasteiger partial charge on any atom is -0.464 e. The third-order valence-electron chi connectivity index (χ3n) is 5.49. The van der Waals surface area contributed by atoms with E-state index in [2.05, 4.69) is 46.3 Å². The van der Waals surface area contributed by atoms with Crippen molar-refractivity contribution in [2.75, 3.05) is 13.1 Å². The monoisotopic (exact) mass is 390 g/mol. The first-order valence-electron chi connectivity index (χ1n) is 9.70. The first-order valence-corrected chi connectivity index (χ1v) is 10.6. The molecule has 4 aromatic rings. The number of piperidine rings is 1. The molecule has 1 fully saturated rings. The molecule has 5 heteroatoms. The van der Waals surface area contributed by atoms with E-state index in [-0.39, 0.29) is 0 Å². The van der Waals surface area contributed by atoms with E-state index in [4.69, 9.17) is 9.15 Å². The molecule has 4 nitrogen and oxygen atoms in total. The van der Waals surface area contributed by atoms with E-state index >= 15 is 0 Å². The lowest BCUT2D eigenvalue weighted by Gasteiger charge is -2.32. The highest BCUT2D eigenvalue weighted by Crippen LogP contribution is 2.32. The average molecular weight is 391 g/mol. The van der Waals surface area contributed by atoms with Gasteiger partial charge in [0, 0.05) is 35.1 Å². The second-order valence-electron chi connectivity index (χ2n) is 7.28. The maximum absolute atomic E-state index is 5.82. The van der Waals surface area contributed by atoms with Crippen LogP contribution in [0.5, 0.6) is 10.9 Å². The van der Waals surface area contributed by atoms with Gasteiger partial charge in [-0.1, -0.05) is 41.7 Å². The summed E-state index contributed by atoms with van der Waals surface area (Å²) in [6, 6.07) is 16.9. The molecule has 0 bridgehead atoms. The zero-order valence-corrected chi connectivity index (χ0v) is 16.4. The van der Waals surface area contributed by atoms with Gasteiger partial charge in [-0.05, 0) is 49.5 Å². The summed E-state index contributed by atoms with van der Waals surface area (Å²) in [5.41, 5.74) is 3.58. The molecule has 3 heterocycles. The number of hydrogen-bond acceptors (Lipinski definition) is 5. The largest absolute Gasteiger partial charge is 0.464 e.